The van der Waals surface area contributed by atoms with E-state index in [1.54, 1.807) is 28.1 Å². The van der Waals surface area contributed by atoms with Crippen molar-refractivity contribution in [1.29, 1.82) is 10.8 Å². The number of amides is 3. The number of nitrogen functional groups attached to an aromatic ring is 1. The van der Waals surface area contributed by atoms with Gasteiger partial charge in [-0.05, 0) is 42.3 Å². The normalized spacial score (nSPS) is 19.9. The Balaban J connectivity index is 1.25. The number of amidine groups is 3. The predicted molar refractivity (Wildman–Crippen MR) is 142 cm³/mol. The van der Waals surface area contributed by atoms with Gasteiger partial charge in [-0.25, -0.2) is 14.8 Å². The molecule has 3 aliphatic heterocycles. The fraction of sp³-hybridized carbons (Fsp3) is 0.308. The number of hydrogen-bond acceptors (Lipinski definition) is 6. The molecule has 0 unspecified atom stereocenters. The molecule has 0 spiro atoms. The first-order chi connectivity index (χ1) is 17.9. The predicted octanol–water partition coefficient (Wildman–Crippen LogP) is 2.12. The molecule has 2 fully saturated rings. The lowest BCUT2D eigenvalue weighted by molar-refractivity contribution is -0.127. The monoisotopic (exact) mass is 499 g/mol. The Morgan fingerprint density at radius 1 is 1.00 bits per heavy atom. The fourth-order valence-corrected chi connectivity index (χ4v) is 5.01. The van der Waals surface area contributed by atoms with Crippen LogP contribution >= 0.6 is 0 Å². The van der Waals surface area contributed by atoms with Gasteiger partial charge in [0, 0.05) is 57.1 Å². The van der Waals surface area contributed by atoms with Crippen molar-refractivity contribution < 1.29 is 9.59 Å². The largest absolute Gasteiger partial charge is 0.383 e. The summed E-state index contributed by atoms with van der Waals surface area (Å²) in [6.07, 6.45) is 3.76. The molecule has 37 heavy (non-hydrogen) atoms. The Morgan fingerprint density at radius 3 is 2.38 bits per heavy atom. The van der Waals surface area contributed by atoms with Gasteiger partial charge in [0.2, 0.25) is 5.91 Å². The SMILES string of the molecule is C=CC(=O)N1CCN(C(=O)N2CC[C@@H](c3ccc(N4C(=N)C(=N)N=C4c4cccnc4N)cc3)C2)CC1. The van der Waals surface area contributed by atoms with Crippen LogP contribution < -0.4 is 10.6 Å². The second-order valence-electron chi connectivity index (χ2n) is 9.23. The summed E-state index contributed by atoms with van der Waals surface area (Å²) in [7, 11) is 0. The molecule has 11 nitrogen and oxygen atoms in total. The third-order valence-corrected chi connectivity index (χ3v) is 7.07. The van der Waals surface area contributed by atoms with E-state index in [1.165, 1.54) is 6.08 Å². The summed E-state index contributed by atoms with van der Waals surface area (Å²) in [4.78, 5) is 40.2. The van der Waals surface area contributed by atoms with Crippen LogP contribution in [0.15, 0.2) is 60.2 Å². The number of aromatic nitrogens is 1. The number of benzene rings is 1. The Hall–Kier alpha value is -4.54. The standard InChI is InChI=1S/C26H29N9O2/c1-2-21(36)32-12-14-33(15-13-32)26(37)34-11-9-18(16-34)17-5-7-19(8-6-17)35-24(29)23(28)31-25(35)20-4-3-10-30-22(20)27/h2-8,10,18,28-29H,1,9,11-16H2,(H2,27,30)/t18-/m1/s1. The van der Waals surface area contributed by atoms with Gasteiger partial charge in [-0.15, -0.1) is 0 Å². The van der Waals surface area contributed by atoms with E-state index in [1.807, 2.05) is 34.1 Å². The van der Waals surface area contributed by atoms with Crippen LogP contribution in [0.3, 0.4) is 0 Å². The first kappa shape index (κ1) is 24.2. The molecule has 5 rings (SSSR count). The van der Waals surface area contributed by atoms with Crippen LogP contribution in [0.2, 0.25) is 0 Å². The van der Waals surface area contributed by atoms with Gasteiger partial charge >= 0.3 is 6.03 Å². The molecule has 2 aromatic rings. The molecule has 11 heteroatoms. The fourth-order valence-electron chi connectivity index (χ4n) is 5.01. The number of hydrogen-bond donors (Lipinski definition) is 3. The van der Waals surface area contributed by atoms with Crippen LogP contribution in [-0.4, -0.2) is 88.4 Å². The molecule has 1 aromatic heterocycles. The number of urea groups is 1. The molecule has 1 aromatic carbocycles. The Labute approximate surface area is 214 Å². The van der Waals surface area contributed by atoms with E-state index >= 15 is 0 Å². The topological polar surface area (TPSA) is 146 Å². The molecular formula is C26H29N9O2. The van der Waals surface area contributed by atoms with Crippen LogP contribution in [0.4, 0.5) is 16.3 Å². The number of carbonyl (C=O) groups excluding carboxylic acids is 2. The van der Waals surface area contributed by atoms with Gasteiger partial charge in [-0.1, -0.05) is 18.7 Å². The Morgan fingerprint density at radius 2 is 1.70 bits per heavy atom. The average Bonchev–Trinajstić information content (AvgIpc) is 3.53. The molecule has 1 atom stereocenters. The minimum absolute atomic E-state index is 0.0174. The lowest BCUT2D eigenvalue weighted by Crippen LogP contribution is -2.53. The number of rotatable bonds is 4. The van der Waals surface area contributed by atoms with Crippen molar-refractivity contribution in [2.24, 2.45) is 4.99 Å². The molecule has 0 bridgehead atoms. The van der Waals surface area contributed by atoms with Crippen molar-refractivity contribution >= 4 is 41.0 Å². The zero-order valence-electron chi connectivity index (χ0n) is 20.4. The molecule has 0 radical (unpaired) electrons. The number of nitrogens with two attached hydrogens (primary N) is 1. The molecule has 0 aliphatic carbocycles. The third-order valence-electron chi connectivity index (χ3n) is 7.07. The quantitative estimate of drug-likeness (QED) is 0.552. The summed E-state index contributed by atoms with van der Waals surface area (Å²) in [5, 5.41) is 16.5. The van der Waals surface area contributed by atoms with Gasteiger partial charge in [0.15, 0.2) is 17.5 Å². The second kappa shape index (κ2) is 9.84. The molecule has 190 valence electrons. The Kier molecular flexibility index (Phi) is 6.43. The first-order valence-electron chi connectivity index (χ1n) is 12.2. The van der Waals surface area contributed by atoms with Crippen LogP contribution in [0, 0.1) is 10.8 Å². The third kappa shape index (κ3) is 4.55. The lowest BCUT2D eigenvalue weighted by atomic mass is 9.98. The van der Waals surface area contributed by atoms with Crippen LogP contribution in [0.1, 0.15) is 23.5 Å². The number of pyridine rings is 1. The minimum Gasteiger partial charge on any atom is -0.383 e. The zero-order valence-corrected chi connectivity index (χ0v) is 20.4. The first-order valence-corrected chi connectivity index (χ1v) is 12.2. The van der Waals surface area contributed by atoms with E-state index in [2.05, 4.69) is 16.6 Å². The van der Waals surface area contributed by atoms with E-state index in [9.17, 15) is 9.59 Å². The van der Waals surface area contributed by atoms with Crippen molar-refractivity contribution in [1.82, 2.24) is 19.7 Å². The Bertz CT molecular complexity index is 1300. The maximum atomic E-state index is 13.1. The summed E-state index contributed by atoms with van der Waals surface area (Å²) in [5.74, 6) is 0.635. The lowest BCUT2D eigenvalue weighted by Gasteiger charge is -2.36. The molecule has 2 saturated heterocycles. The van der Waals surface area contributed by atoms with E-state index in [0.717, 1.165) is 12.0 Å². The smallest absolute Gasteiger partial charge is 0.320 e. The van der Waals surface area contributed by atoms with Gasteiger partial charge in [0.05, 0.1) is 5.56 Å². The van der Waals surface area contributed by atoms with Gasteiger partial charge in [-0.2, -0.15) is 0 Å². The summed E-state index contributed by atoms with van der Waals surface area (Å²) < 4.78 is 0. The number of nitrogens with one attached hydrogen (secondary N) is 2. The van der Waals surface area contributed by atoms with E-state index in [-0.39, 0.29) is 35.3 Å². The van der Waals surface area contributed by atoms with Gasteiger partial charge in [-0.3, -0.25) is 20.5 Å². The van der Waals surface area contributed by atoms with Crippen molar-refractivity contribution in [3.8, 4) is 0 Å². The molecule has 4 N–H and O–H groups in total. The number of nitrogens with zero attached hydrogens (tertiary/aromatic N) is 6. The summed E-state index contributed by atoms with van der Waals surface area (Å²) in [6, 6.07) is 11.4. The molecule has 3 amide bonds. The highest BCUT2D eigenvalue weighted by molar-refractivity contribution is 6.56. The van der Waals surface area contributed by atoms with Crippen molar-refractivity contribution in [2.75, 3.05) is 49.9 Å². The van der Waals surface area contributed by atoms with Crippen LogP contribution in [-0.2, 0) is 4.79 Å². The highest BCUT2D eigenvalue weighted by Crippen LogP contribution is 2.31. The highest BCUT2D eigenvalue weighted by atomic mass is 16.2. The summed E-state index contributed by atoms with van der Waals surface area (Å²) >= 11 is 0. The zero-order chi connectivity index (χ0) is 26.1. The van der Waals surface area contributed by atoms with Crippen molar-refractivity contribution in [2.45, 2.75) is 12.3 Å². The number of likely N-dealkylation sites (tertiary alicyclic amines) is 1. The number of anilines is 2. The molecule has 4 heterocycles. The van der Waals surface area contributed by atoms with Gasteiger partial charge < -0.3 is 20.4 Å². The van der Waals surface area contributed by atoms with Crippen molar-refractivity contribution in [3.63, 3.8) is 0 Å². The van der Waals surface area contributed by atoms with Crippen molar-refractivity contribution in [3.05, 3.63) is 66.4 Å². The van der Waals surface area contributed by atoms with E-state index < -0.39 is 0 Å². The summed E-state index contributed by atoms with van der Waals surface area (Å²) in [5.41, 5.74) is 8.42. The highest BCUT2D eigenvalue weighted by Gasteiger charge is 2.33. The summed E-state index contributed by atoms with van der Waals surface area (Å²) in [6.45, 7) is 6.94. The van der Waals surface area contributed by atoms with Gasteiger partial charge in [0.25, 0.3) is 0 Å². The minimum atomic E-state index is -0.137. The van der Waals surface area contributed by atoms with Crippen LogP contribution in [0.5, 0.6) is 0 Å². The molecule has 3 aliphatic rings. The maximum absolute atomic E-state index is 13.1. The van der Waals surface area contributed by atoms with Crippen LogP contribution in [0.25, 0.3) is 0 Å². The molecule has 0 saturated carbocycles. The maximum Gasteiger partial charge on any atom is 0.320 e. The number of piperazine rings is 1. The number of carbonyl (C=O) groups is 2. The van der Waals surface area contributed by atoms with E-state index in [0.29, 0.717) is 56.4 Å². The molecular weight excluding hydrogens is 470 g/mol. The second-order valence-corrected chi connectivity index (χ2v) is 9.23. The average molecular weight is 500 g/mol. The van der Waals surface area contributed by atoms with Gasteiger partial charge in [0.1, 0.15) is 5.82 Å². The van der Waals surface area contributed by atoms with E-state index in [4.69, 9.17) is 16.6 Å². The number of aliphatic imine (C=N–C) groups is 1.